The van der Waals surface area contributed by atoms with Crippen LogP contribution in [-0.2, 0) is 0 Å². The summed E-state index contributed by atoms with van der Waals surface area (Å²) in [6, 6.07) is 0. The van der Waals surface area contributed by atoms with E-state index >= 15 is 0 Å². The van der Waals surface area contributed by atoms with Gasteiger partial charge in [0.2, 0.25) is 0 Å². The Hall–Kier alpha value is 2.29. The minimum absolute atomic E-state index is 0. The molecule has 0 bridgehead atoms. The Kier molecular flexibility index (Phi) is 60.5. The van der Waals surface area contributed by atoms with Crippen molar-refractivity contribution in [2.75, 3.05) is 0 Å². The number of hydrogen-bond acceptors (Lipinski definition) is 6. The van der Waals surface area contributed by atoms with Crippen LogP contribution < -0.4 is 30.1 Å². The molecule has 0 aromatic heterocycles. The van der Waals surface area contributed by atoms with Crippen molar-refractivity contribution >= 4 is 86.4 Å². The van der Waals surface area contributed by atoms with Crippen LogP contribution in [0.3, 0.4) is 0 Å². The zero-order chi connectivity index (χ0) is 7.15. The van der Waals surface area contributed by atoms with Gasteiger partial charge in [-0.25, -0.2) is 0 Å². The molecule has 0 aromatic rings. The first kappa shape index (κ1) is 29.2. The monoisotopic (exact) mass is 478 g/mol. The minimum atomic E-state index is -2.92. The Morgan fingerprint density at radius 2 is 0.455 bits per heavy atom. The average Bonchev–Trinajstić information content (AvgIpc) is 1.25. The zero-order valence-electron chi connectivity index (χ0n) is 5.10. The molecular weight excluding hydrogens is 474 g/mol. The molecule has 6 radical (unpaired) electrons. The van der Waals surface area contributed by atoms with Crippen LogP contribution in [0.4, 0.5) is 0 Å². The fourth-order valence-electron chi connectivity index (χ4n) is 0. The SMILES string of the molecule is [O-]B([O-])[O-].[O-]B([O-])[O-].[Sn+2].[Sn+2].[Sn+2]. The topological polar surface area (TPSA) is 138 Å². The minimum Gasteiger partial charge on any atom is -0.907 e. The molecule has 0 fully saturated rings. The van der Waals surface area contributed by atoms with E-state index in [2.05, 4.69) is 0 Å². The molecule has 0 amide bonds. The van der Waals surface area contributed by atoms with E-state index in [1.807, 2.05) is 0 Å². The molecule has 54 valence electrons. The molecule has 0 saturated heterocycles. The second-order valence-corrected chi connectivity index (χ2v) is 0.577. The molecule has 0 atom stereocenters. The molecular formula is B2O6Sn3. The quantitative estimate of drug-likeness (QED) is 0.320. The van der Waals surface area contributed by atoms with Crippen LogP contribution in [0.1, 0.15) is 0 Å². The fraction of sp³-hybridized carbons (Fsp3) is 0. The number of hydrogen-bond donors (Lipinski definition) is 0. The Morgan fingerprint density at radius 3 is 0.455 bits per heavy atom. The second kappa shape index (κ2) is 22.8. The van der Waals surface area contributed by atoms with E-state index in [4.69, 9.17) is 30.1 Å². The van der Waals surface area contributed by atoms with Gasteiger partial charge in [-0.3, -0.25) is 14.6 Å². The van der Waals surface area contributed by atoms with Crippen molar-refractivity contribution < 1.29 is 30.1 Å². The van der Waals surface area contributed by atoms with Crippen LogP contribution in [0.25, 0.3) is 0 Å². The van der Waals surface area contributed by atoms with Crippen LogP contribution >= 0.6 is 0 Å². The first-order valence-corrected chi connectivity index (χ1v) is 1.41. The van der Waals surface area contributed by atoms with Crippen LogP contribution in [0.2, 0.25) is 0 Å². The summed E-state index contributed by atoms with van der Waals surface area (Å²) in [7, 11) is -5.83. The van der Waals surface area contributed by atoms with Crippen LogP contribution in [0.15, 0.2) is 0 Å². The third-order valence-electron chi connectivity index (χ3n) is 0. The van der Waals surface area contributed by atoms with Gasteiger partial charge in [0.15, 0.2) is 0 Å². The fourth-order valence-corrected chi connectivity index (χ4v) is 0. The molecule has 6 nitrogen and oxygen atoms in total. The maximum Gasteiger partial charge on any atom is 2.00 e. The van der Waals surface area contributed by atoms with Gasteiger partial charge in [0.05, 0.1) is 0 Å². The van der Waals surface area contributed by atoms with Crippen molar-refractivity contribution in [2.24, 2.45) is 0 Å². The van der Waals surface area contributed by atoms with Gasteiger partial charge in [0, 0.05) is 0 Å². The van der Waals surface area contributed by atoms with Crippen LogP contribution in [0, 0.1) is 0 Å². The molecule has 0 spiro atoms. The predicted octanol–water partition coefficient (Wildman–Crippen LogP) is -9.04. The molecule has 0 aliphatic heterocycles. The van der Waals surface area contributed by atoms with E-state index in [1.165, 1.54) is 0 Å². The summed E-state index contributed by atoms with van der Waals surface area (Å²) in [6.07, 6.45) is 0. The van der Waals surface area contributed by atoms with Gasteiger partial charge >= 0.3 is 71.7 Å². The van der Waals surface area contributed by atoms with Crippen molar-refractivity contribution in [3.63, 3.8) is 0 Å². The summed E-state index contributed by atoms with van der Waals surface area (Å²) in [5.74, 6) is 0. The Bertz CT molecular complexity index is 31.3. The average molecular weight is 474 g/mol. The van der Waals surface area contributed by atoms with Gasteiger partial charge in [-0.1, -0.05) is 0 Å². The van der Waals surface area contributed by atoms with E-state index in [0.29, 0.717) is 0 Å². The van der Waals surface area contributed by atoms with Gasteiger partial charge in [0.1, 0.15) is 0 Å². The summed E-state index contributed by atoms with van der Waals surface area (Å²) in [4.78, 5) is 0. The van der Waals surface area contributed by atoms with Crippen molar-refractivity contribution in [1.29, 1.82) is 0 Å². The van der Waals surface area contributed by atoms with E-state index in [9.17, 15) is 0 Å². The maximum atomic E-state index is 8.42. The molecule has 0 unspecified atom stereocenters. The first-order chi connectivity index (χ1) is 3.46. The normalized spacial score (nSPS) is 4.91. The Labute approximate surface area is 115 Å². The van der Waals surface area contributed by atoms with Gasteiger partial charge in [0.25, 0.3) is 0 Å². The van der Waals surface area contributed by atoms with Crippen LogP contribution in [0.5, 0.6) is 0 Å². The van der Waals surface area contributed by atoms with Gasteiger partial charge in [-0.2, -0.15) is 0 Å². The van der Waals surface area contributed by atoms with Crippen molar-refractivity contribution in [3.8, 4) is 0 Å². The van der Waals surface area contributed by atoms with Crippen LogP contribution in [-0.4, -0.2) is 86.4 Å². The molecule has 0 aliphatic carbocycles. The number of rotatable bonds is 0. The molecule has 11 heavy (non-hydrogen) atoms. The zero-order valence-corrected chi connectivity index (χ0v) is 13.7. The van der Waals surface area contributed by atoms with Crippen molar-refractivity contribution in [2.45, 2.75) is 0 Å². The standard InChI is InChI=1S/2BO3.3Sn/c2*2-1(3)4;;;/q2*-3;3*+2. The maximum absolute atomic E-state index is 8.42. The third-order valence-corrected chi connectivity index (χ3v) is 0. The summed E-state index contributed by atoms with van der Waals surface area (Å²) < 4.78 is 0. The van der Waals surface area contributed by atoms with E-state index in [1.54, 1.807) is 0 Å². The predicted molar refractivity (Wildman–Crippen MR) is 28.8 cm³/mol. The largest absolute Gasteiger partial charge is 2.00 e. The Morgan fingerprint density at radius 1 is 0.455 bits per heavy atom. The van der Waals surface area contributed by atoms with Gasteiger partial charge in [-0.05, 0) is 0 Å². The molecule has 0 saturated carbocycles. The summed E-state index contributed by atoms with van der Waals surface area (Å²) in [6.45, 7) is 0. The third kappa shape index (κ3) is 249. The molecule has 0 aliphatic rings. The van der Waals surface area contributed by atoms with E-state index < -0.39 is 14.6 Å². The van der Waals surface area contributed by atoms with E-state index in [-0.39, 0.29) is 71.7 Å². The van der Waals surface area contributed by atoms with Gasteiger partial charge < -0.3 is 30.1 Å². The first-order valence-electron chi connectivity index (χ1n) is 1.41. The molecule has 0 rings (SSSR count). The second-order valence-electron chi connectivity index (χ2n) is 0.577. The van der Waals surface area contributed by atoms with Crippen molar-refractivity contribution in [1.82, 2.24) is 0 Å². The molecule has 0 N–H and O–H groups in total. The summed E-state index contributed by atoms with van der Waals surface area (Å²) in [5.41, 5.74) is 0. The molecule has 0 aromatic carbocycles. The smallest absolute Gasteiger partial charge is 0.907 e. The van der Waals surface area contributed by atoms with E-state index in [0.717, 1.165) is 0 Å². The summed E-state index contributed by atoms with van der Waals surface area (Å²) >= 11 is 0. The molecule has 11 heteroatoms. The molecule has 0 heterocycles. The Balaban J connectivity index is -0.0000000171. The van der Waals surface area contributed by atoms with Gasteiger partial charge in [-0.15, -0.1) is 0 Å². The van der Waals surface area contributed by atoms with Crippen molar-refractivity contribution in [3.05, 3.63) is 0 Å². The summed E-state index contributed by atoms with van der Waals surface area (Å²) in [5, 5.41) is 50.5.